The second kappa shape index (κ2) is 7.50. The van der Waals surface area contributed by atoms with E-state index in [1.807, 2.05) is 12.1 Å². The van der Waals surface area contributed by atoms with E-state index in [1.54, 1.807) is 28.6 Å². The van der Waals surface area contributed by atoms with E-state index in [-0.39, 0.29) is 18.3 Å². The van der Waals surface area contributed by atoms with Crippen LogP contribution in [0, 0.1) is 0 Å². The summed E-state index contributed by atoms with van der Waals surface area (Å²) in [5.74, 6) is 0.0688. The van der Waals surface area contributed by atoms with Crippen LogP contribution in [0.5, 0.6) is 0 Å². The monoisotopic (exact) mass is 442 g/mol. The third-order valence-electron chi connectivity index (χ3n) is 5.60. The van der Waals surface area contributed by atoms with Gasteiger partial charge in [0.1, 0.15) is 0 Å². The fraction of sp³-hybridized carbons (Fsp3) is 0.238. The molecule has 0 bridgehead atoms. The lowest BCUT2D eigenvalue weighted by Crippen LogP contribution is -2.39. The van der Waals surface area contributed by atoms with E-state index in [0.29, 0.717) is 17.4 Å². The second-order valence-corrected chi connectivity index (χ2v) is 9.98. The van der Waals surface area contributed by atoms with Crippen molar-refractivity contribution < 1.29 is 14.6 Å². The Morgan fingerprint density at radius 1 is 1.07 bits per heavy atom. The van der Waals surface area contributed by atoms with E-state index in [0.717, 1.165) is 19.5 Å². The minimum atomic E-state index is -3.71. The van der Waals surface area contributed by atoms with Crippen molar-refractivity contribution in [3.05, 3.63) is 71.2 Å². The molecule has 1 amide bonds. The number of rotatable bonds is 5. The highest BCUT2D eigenvalue weighted by atomic mass is 32.2. The van der Waals surface area contributed by atoms with E-state index < -0.39 is 10.0 Å². The van der Waals surface area contributed by atoms with Gasteiger partial charge in [0, 0.05) is 38.3 Å². The molecule has 5 rings (SSSR count). The number of amides is 1. The smallest absolute Gasteiger partial charge is 0.263 e. The number of carbonyl (C=O) groups is 1. The maximum atomic E-state index is 13.1. The number of carbonyl (C=O) groups excluding carboxylic acids is 1. The molecule has 7 nitrogen and oxygen atoms in total. The summed E-state index contributed by atoms with van der Waals surface area (Å²) in [5, 5.41) is 2.03. The molecule has 1 atom stereocenters. The zero-order valence-electron chi connectivity index (χ0n) is 16.1. The summed E-state index contributed by atoms with van der Waals surface area (Å²) in [6.45, 7) is 2.21. The largest absolute Gasteiger partial charge is 0.311 e. The van der Waals surface area contributed by atoms with Crippen LogP contribution in [-0.4, -0.2) is 36.8 Å². The number of anilines is 2. The molecular formula is C21H22N4O3S2. The van der Waals surface area contributed by atoms with Crippen molar-refractivity contribution in [1.82, 2.24) is 9.88 Å². The lowest BCUT2D eigenvalue weighted by atomic mass is 10.1. The zero-order chi connectivity index (χ0) is 20.7. The van der Waals surface area contributed by atoms with Gasteiger partial charge in [0.25, 0.3) is 10.0 Å². The predicted octanol–water partition coefficient (Wildman–Crippen LogP) is 3.31. The number of hydrogen-bond acceptors (Lipinski definition) is 6. The molecule has 0 saturated carbocycles. The normalized spacial score (nSPS) is 19.3. The highest BCUT2D eigenvalue weighted by Gasteiger charge is 2.38. The molecular weight excluding hydrogens is 420 g/mol. The Morgan fingerprint density at radius 2 is 1.77 bits per heavy atom. The molecule has 3 heterocycles. The van der Waals surface area contributed by atoms with Gasteiger partial charge in [0.2, 0.25) is 5.91 Å². The van der Waals surface area contributed by atoms with Crippen LogP contribution in [0.1, 0.15) is 19.0 Å². The molecule has 156 valence electrons. The lowest BCUT2D eigenvalue weighted by Gasteiger charge is -2.23. The van der Waals surface area contributed by atoms with Gasteiger partial charge in [-0.05, 0) is 41.8 Å². The minimum Gasteiger partial charge on any atom is -0.311 e. The number of benzene rings is 2. The van der Waals surface area contributed by atoms with Crippen molar-refractivity contribution in [2.75, 3.05) is 16.2 Å². The zero-order valence-corrected chi connectivity index (χ0v) is 17.7. The first-order valence-corrected chi connectivity index (χ1v) is 12.0. The molecule has 2 aromatic carbocycles. The van der Waals surface area contributed by atoms with Gasteiger partial charge in [-0.3, -0.25) is 14.4 Å². The van der Waals surface area contributed by atoms with E-state index in [9.17, 15) is 13.2 Å². The van der Waals surface area contributed by atoms with Crippen LogP contribution < -0.4 is 9.62 Å². The lowest BCUT2D eigenvalue weighted by molar-refractivity contribution is -0.121. The van der Waals surface area contributed by atoms with Crippen molar-refractivity contribution in [2.24, 2.45) is 0 Å². The topological polar surface area (TPSA) is 82.6 Å². The van der Waals surface area contributed by atoms with Gasteiger partial charge in [0.15, 0.2) is 5.13 Å². The fourth-order valence-electron chi connectivity index (χ4n) is 4.09. The molecule has 1 saturated heterocycles. The number of nitrogens with zero attached hydrogens (tertiary/aromatic N) is 3. The summed E-state index contributed by atoms with van der Waals surface area (Å²) >= 11 is 1.22. The predicted molar refractivity (Wildman–Crippen MR) is 118 cm³/mol. The SMILES string of the molecule is O=C1[C@@H](N2Cc3ccccc3C2)CCN1c1ccc(S(=O)(=O)Nc2nccs2)cc1.[HH]. The molecule has 30 heavy (non-hydrogen) atoms. The van der Waals surface area contributed by atoms with Gasteiger partial charge >= 0.3 is 0 Å². The Labute approximate surface area is 180 Å². The molecule has 0 aliphatic carbocycles. The van der Waals surface area contributed by atoms with Crippen LogP contribution >= 0.6 is 11.3 Å². The first kappa shape index (κ1) is 19.2. The number of sulfonamides is 1. The van der Waals surface area contributed by atoms with Gasteiger partial charge in [-0.1, -0.05) is 24.3 Å². The molecule has 1 N–H and O–H groups in total. The van der Waals surface area contributed by atoms with Crippen LogP contribution in [0.2, 0.25) is 0 Å². The van der Waals surface area contributed by atoms with Gasteiger partial charge in [-0.15, -0.1) is 11.3 Å². The van der Waals surface area contributed by atoms with E-state index in [1.165, 1.54) is 34.6 Å². The Hall–Kier alpha value is -2.75. The van der Waals surface area contributed by atoms with Gasteiger partial charge < -0.3 is 4.90 Å². The van der Waals surface area contributed by atoms with Crippen LogP contribution in [0.15, 0.2) is 65.0 Å². The number of hydrogen-bond donors (Lipinski definition) is 1. The average molecular weight is 443 g/mol. The highest BCUT2D eigenvalue weighted by molar-refractivity contribution is 7.93. The van der Waals surface area contributed by atoms with E-state index in [4.69, 9.17) is 0 Å². The Bertz CT molecular complexity index is 1160. The minimum absolute atomic E-state index is 0. The maximum absolute atomic E-state index is 13.1. The summed E-state index contributed by atoms with van der Waals surface area (Å²) in [6, 6.07) is 14.6. The standard InChI is InChI=1S/C21H20N4O3S2.H2/c26-20-19(24-13-15-3-1-2-4-16(15)14-24)9-11-25(20)17-5-7-18(8-6-17)30(27,28)23-21-22-10-12-29-21;/h1-8,10,12,19H,9,11,13-14H2,(H,22,23);1H/t19-;/m0./s1. The number of nitrogens with one attached hydrogen (secondary N) is 1. The fourth-order valence-corrected chi connectivity index (χ4v) is 5.88. The van der Waals surface area contributed by atoms with Gasteiger partial charge in [-0.25, -0.2) is 13.4 Å². The highest BCUT2D eigenvalue weighted by Crippen LogP contribution is 2.31. The number of thiazole rings is 1. The van der Waals surface area contributed by atoms with Crippen LogP contribution in [0.25, 0.3) is 0 Å². The molecule has 2 aliphatic heterocycles. The Kier molecular flexibility index (Phi) is 4.80. The first-order chi connectivity index (χ1) is 14.5. The number of fused-ring (bicyclic) bond motifs is 1. The van der Waals surface area contributed by atoms with Crippen LogP contribution in [-0.2, 0) is 27.9 Å². The third kappa shape index (κ3) is 3.49. The van der Waals surface area contributed by atoms with Crippen molar-refractivity contribution in [3.63, 3.8) is 0 Å². The molecule has 1 aromatic heterocycles. The quantitative estimate of drug-likeness (QED) is 0.656. The van der Waals surface area contributed by atoms with E-state index >= 15 is 0 Å². The molecule has 0 spiro atoms. The summed E-state index contributed by atoms with van der Waals surface area (Å²) in [6.07, 6.45) is 2.30. The van der Waals surface area contributed by atoms with E-state index in [2.05, 4.69) is 26.7 Å². The first-order valence-electron chi connectivity index (χ1n) is 9.66. The summed E-state index contributed by atoms with van der Waals surface area (Å²) in [7, 11) is -3.71. The molecule has 2 aliphatic rings. The van der Waals surface area contributed by atoms with Gasteiger partial charge in [-0.2, -0.15) is 0 Å². The maximum Gasteiger partial charge on any atom is 0.263 e. The Balaban J connectivity index is 0.00000231. The van der Waals surface area contributed by atoms with Crippen molar-refractivity contribution in [1.29, 1.82) is 0 Å². The summed E-state index contributed by atoms with van der Waals surface area (Å²) < 4.78 is 27.5. The third-order valence-corrected chi connectivity index (χ3v) is 7.77. The van der Waals surface area contributed by atoms with Crippen LogP contribution in [0.4, 0.5) is 10.8 Å². The number of aromatic nitrogens is 1. The average Bonchev–Trinajstić information content (AvgIpc) is 3.47. The molecule has 0 radical (unpaired) electrons. The molecule has 1 fully saturated rings. The summed E-state index contributed by atoms with van der Waals surface area (Å²) in [5.41, 5.74) is 3.28. The Morgan fingerprint density at radius 3 is 2.40 bits per heavy atom. The van der Waals surface area contributed by atoms with Crippen molar-refractivity contribution >= 4 is 38.1 Å². The van der Waals surface area contributed by atoms with Crippen molar-refractivity contribution in [2.45, 2.75) is 30.4 Å². The second-order valence-electron chi connectivity index (χ2n) is 7.40. The summed E-state index contributed by atoms with van der Waals surface area (Å²) in [4.78, 5) is 21.1. The molecule has 9 heteroatoms. The van der Waals surface area contributed by atoms with Crippen LogP contribution in [0.3, 0.4) is 0 Å². The molecule has 3 aromatic rings. The van der Waals surface area contributed by atoms with Gasteiger partial charge in [0.05, 0.1) is 10.9 Å². The van der Waals surface area contributed by atoms with Crippen molar-refractivity contribution in [3.8, 4) is 0 Å². The molecule has 0 unspecified atom stereocenters.